The number of para-hydroxylation sites is 1. The summed E-state index contributed by atoms with van der Waals surface area (Å²) >= 11 is 6.46. The average molecular weight is 366 g/mol. The molecule has 26 heavy (non-hydrogen) atoms. The SMILES string of the molecule is CC(c1nnc2n1-c1ccccc1C(c1ccccc1Cl)=NC2)N(C)C. The molecule has 1 aliphatic heterocycles. The maximum Gasteiger partial charge on any atom is 0.159 e. The Morgan fingerprint density at radius 1 is 1.00 bits per heavy atom. The zero-order chi connectivity index (χ0) is 18.3. The second-order valence-corrected chi connectivity index (χ2v) is 7.02. The maximum absolute atomic E-state index is 6.46. The molecule has 0 saturated carbocycles. The van der Waals surface area contributed by atoms with Gasteiger partial charge in [0.05, 0.1) is 17.4 Å². The predicted octanol–water partition coefficient (Wildman–Crippen LogP) is 3.89. The van der Waals surface area contributed by atoms with Crippen molar-refractivity contribution in [1.29, 1.82) is 0 Å². The first-order valence-corrected chi connectivity index (χ1v) is 8.95. The first-order chi connectivity index (χ1) is 12.6. The van der Waals surface area contributed by atoms with E-state index in [9.17, 15) is 0 Å². The molecule has 0 N–H and O–H groups in total. The van der Waals surface area contributed by atoms with Crippen LogP contribution in [0.3, 0.4) is 0 Å². The first-order valence-electron chi connectivity index (χ1n) is 8.57. The molecule has 0 amide bonds. The zero-order valence-electron chi connectivity index (χ0n) is 15.0. The van der Waals surface area contributed by atoms with Gasteiger partial charge in [-0.1, -0.05) is 48.0 Å². The number of benzene rings is 2. The molecule has 0 spiro atoms. The summed E-state index contributed by atoms with van der Waals surface area (Å²) in [6, 6.07) is 16.2. The Kier molecular flexibility index (Phi) is 4.34. The monoisotopic (exact) mass is 365 g/mol. The minimum Gasteiger partial charge on any atom is -0.300 e. The number of aromatic nitrogens is 3. The zero-order valence-corrected chi connectivity index (χ0v) is 15.8. The fraction of sp³-hybridized carbons (Fsp3) is 0.250. The summed E-state index contributed by atoms with van der Waals surface area (Å²) in [4.78, 5) is 6.98. The van der Waals surface area contributed by atoms with E-state index in [4.69, 9.17) is 16.6 Å². The largest absolute Gasteiger partial charge is 0.300 e. The molecule has 2 heterocycles. The summed E-state index contributed by atoms with van der Waals surface area (Å²) in [5, 5.41) is 9.56. The van der Waals surface area contributed by atoms with Gasteiger partial charge in [0.15, 0.2) is 11.6 Å². The van der Waals surface area contributed by atoms with Crippen LogP contribution in [-0.4, -0.2) is 39.5 Å². The van der Waals surface area contributed by atoms with Crippen LogP contribution in [0.15, 0.2) is 53.5 Å². The van der Waals surface area contributed by atoms with Crippen molar-refractivity contribution >= 4 is 17.3 Å². The number of fused-ring (bicyclic) bond motifs is 3. The highest BCUT2D eigenvalue weighted by Crippen LogP contribution is 2.30. The molecule has 1 atom stereocenters. The number of hydrogen-bond acceptors (Lipinski definition) is 4. The van der Waals surface area contributed by atoms with E-state index in [1.54, 1.807) is 0 Å². The third kappa shape index (κ3) is 2.73. The molecule has 6 heteroatoms. The topological polar surface area (TPSA) is 46.3 Å². The van der Waals surface area contributed by atoms with E-state index in [2.05, 4.69) is 38.7 Å². The standard InChI is InChI=1S/C20H20ClN5/c1-13(25(2)3)20-24-23-18-12-22-19(14-8-4-6-10-16(14)21)15-9-5-7-11-17(15)26(18)20/h4-11,13H,12H2,1-3H3. The van der Waals surface area contributed by atoms with Gasteiger partial charge in [-0.25, -0.2) is 0 Å². The van der Waals surface area contributed by atoms with Gasteiger partial charge < -0.3 is 0 Å². The van der Waals surface area contributed by atoms with Crippen LogP contribution in [0.4, 0.5) is 0 Å². The van der Waals surface area contributed by atoms with Crippen molar-refractivity contribution in [2.75, 3.05) is 14.1 Å². The molecule has 1 aliphatic rings. The number of halogens is 1. The van der Waals surface area contributed by atoms with Crippen LogP contribution in [0.25, 0.3) is 5.69 Å². The van der Waals surface area contributed by atoms with Gasteiger partial charge in [0, 0.05) is 16.1 Å². The Balaban J connectivity index is 1.94. The summed E-state index contributed by atoms with van der Waals surface area (Å²) < 4.78 is 2.13. The summed E-state index contributed by atoms with van der Waals surface area (Å²) in [7, 11) is 4.08. The molecule has 132 valence electrons. The normalized spacial score (nSPS) is 14.4. The van der Waals surface area contributed by atoms with Crippen molar-refractivity contribution in [3.8, 4) is 5.69 Å². The average Bonchev–Trinajstić information content (AvgIpc) is 2.99. The molecule has 4 rings (SSSR count). The minimum absolute atomic E-state index is 0.131. The van der Waals surface area contributed by atoms with E-state index >= 15 is 0 Å². The van der Waals surface area contributed by atoms with Gasteiger partial charge >= 0.3 is 0 Å². The second-order valence-electron chi connectivity index (χ2n) is 6.61. The highest BCUT2D eigenvalue weighted by molar-refractivity contribution is 6.35. The van der Waals surface area contributed by atoms with Crippen LogP contribution in [0.1, 0.15) is 35.7 Å². The minimum atomic E-state index is 0.131. The highest BCUT2D eigenvalue weighted by Gasteiger charge is 2.26. The van der Waals surface area contributed by atoms with Crippen LogP contribution in [-0.2, 0) is 6.54 Å². The van der Waals surface area contributed by atoms with Crippen molar-refractivity contribution in [2.45, 2.75) is 19.5 Å². The Morgan fingerprint density at radius 3 is 2.42 bits per heavy atom. The molecule has 3 aromatic rings. The van der Waals surface area contributed by atoms with Crippen LogP contribution in [0.5, 0.6) is 0 Å². The Labute approximate surface area is 158 Å². The molecule has 1 aromatic heterocycles. The smallest absolute Gasteiger partial charge is 0.159 e. The van der Waals surface area contributed by atoms with E-state index in [0.717, 1.165) is 34.2 Å². The molecule has 1 unspecified atom stereocenters. The van der Waals surface area contributed by atoms with Gasteiger partial charge in [0.1, 0.15) is 6.54 Å². The Morgan fingerprint density at radius 2 is 1.69 bits per heavy atom. The van der Waals surface area contributed by atoms with Crippen molar-refractivity contribution in [3.63, 3.8) is 0 Å². The van der Waals surface area contributed by atoms with E-state index in [0.29, 0.717) is 11.6 Å². The van der Waals surface area contributed by atoms with Crippen LogP contribution in [0.2, 0.25) is 5.02 Å². The molecule has 2 aromatic carbocycles. The molecule has 5 nitrogen and oxygen atoms in total. The summed E-state index contributed by atoms with van der Waals surface area (Å²) in [5.41, 5.74) is 3.89. The van der Waals surface area contributed by atoms with Crippen molar-refractivity contribution < 1.29 is 0 Å². The van der Waals surface area contributed by atoms with Crippen molar-refractivity contribution in [3.05, 3.63) is 76.3 Å². The predicted molar refractivity (Wildman–Crippen MR) is 104 cm³/mol. The van der Waals surface area contributed by atoms with E-state index in [1.807, 2.05) is 50.5 Å². The molecule has 0 fully saturated rings. The van der Waals surface area contributed by atoms with Gasteiger partial charge in [-0.15, -0.1) is 10.2 Å². The summed E-state index contributed by atoms with van der Waals surface area (Å²) in [6.07, 6.45) is 0. The van der Waals surface area contributed by atoms with Crippen LogP contribution < -0.4 is 0 Å². The van der Waals surface area contributed by atoms with Crippen LogP contribution >= 0.6 is 11.6 Å². The number of nitrogens with zero attached hydrogens (tertiary/aromatic N) is 5. The Hall–Kier alpha value is -2.50. The molecular weight excluding hydrogens is 346 g/mol. The lowest BCUT2D eigenvalue weighted by atomic mass is 10.0. The number of aliphatic imine (C=N–C) groups is 1. The van der Waals surface area contributed by atoms with Crippen molar-refractivity contribution in [1.82, 2.24) is 19.7 Å². The lowest BCUT2D eigenvalue weighted by molar-refractivity contribution is 0.305. The van der Waals surface area contributed by atoms with Gasteiger partial charge in [-0.2, -0.15) is 0 Å². The first kappa shape index (κ1) is 16.9. The fourth-order valence-electron chi connectivity index (χ4n) is 3.18. The summed E-state index contributed by atoms with van der Waals surface area (Å²) in [6.45, 7) is 2.59. The van der Waals surface area contributed by atoms with Crippen LogP contribution in [0, 0.1) is 0 Å². The maximum atomic E-state index is 6.46. The number of hydrogen-bond donors (Lipinski definition) is 0. The van der Waals surface area contributed by atoms with E-state index < -0.39 is 0 Å². The summed E-state index contributed by atoms with van der Waals surface area (Å²) in [5.74, 6) is 1.75. The lowest BCUT2D eigenvalue weighted by Gasteiger charge is -2.21. The van der Waals surface area contributed by atoms with Crippen molar-refractivity contribution in [2.24, 2.45) is 4.99 Å². The van der Waals surface area contributed by atoms with Gasteiger partial charge in [-0.05, 0) is 33.2 Å². The highest BCUT2D eigenvalue weighted by atomic mass is 35.5. The van der Waals surface area contributed by atoms with Gasteiger partial charge in [0.25, 0.3) is 0 Å². The third-order valence-electron chi connectivity index (χ3n) is 4.81. The quantitative estimate of drug-likeness (QED) is 0.707. The number of rotatable bonds is 3. The van der Waals surface area contributed by atoms with Gasteiger partial charge in [0.2, 0.25) is 0 Å². The fourth-order valence-corrected chi connectivity index (χ4v) is 3.41. The second kappa shape index (κ2) is 6.67. The van der Waals surface area contributed by atoms with E-state index in [1.165, 1.54) is 0 Å². The Bertz CT molecular complexity index is 989. The molecule has 0 saturated heterocycles. The molecule has 0 radical (unpaired) electrons. The van der Waals surface area contributed by atoms with Gasteiger partial charge in [-0.3, -0.25) is 14.5 Å². The molecule has 0 bridgehead atoms. The lowest BCUT2D eigenvalue weighted by Crippen LogP contribution is -2.21. The van der Waals surface area contributed by atoms with E-state index in [-0.39, 0.29) is 6.04 Å². The third-order valence-corrected chi connectivity index (χ3v) is 5.14. The molecular formula is C20H20ClN5. The molecule has 0 aliphatic carbocycles.